The van der Waals surface area contributed by atoms with Crippen LogP contribution >= 0.6 is 24.4 Å². The number of nitrogens with two attached hydrogens (primary N) is 1. The van der Waals surface area contributed by atoms with Gasteiger partial charge in [0.15, 0.2) is 0 Å². The molecule has 0 aliphatic heterocycles. The summed E-state index contributed by atoms with van der Waals surface area (Å²) in [6.45, 7) is 0.514. The van der Waals surface area contributed by atoms with Gasteiger partial charge in [-0.3, -0.25) is 14.4 Å². The molecule has 0 aromatic rings. The van der Waals surface area contributed by atoms with E-state index in [9.17, 15) is 24.3 Å². The fraction of sp³-hybridized carbons (Fsp3) is 0.733. The molecule has 162 valence electrons. The first-order chi connectivity index (χ1) is 13.1. The summed E-state index contributed by atoms with van der Waals surface area (Å²) in [5, 5.41) is 34.2. The highest BCUT2D eigenvalue weighted by Gasteiger charge is 2.30. The highest BCUT2D eigenvalue weighted by Crippen LogP contribution is 2.03. The summed E-state index contributed by atoms with van der Waals surface area (Å²) < 4.78 is 0. The third-order valence-electron chi connectivity index (χ3n) is 3.68. The molecule has 28 heavy (non-hydrogen) atoms. The minimum absolute atomic E-state index is 0.147. The van der Waals surface area contributed by atoms with Crippen molar-refractivity contribution in [3.8, 4) is 0 Å². The van der Waals surface area contributed by atoms with E-state index in [1.807, 2.05) is 6.26 Å². The number of aliphatic hydroxyl groups is 2. The molecule has 0 spiro atoms. The van der Waals surface area contributed by atoms with E-state index in [1.165, 1.54) is 18.7 Å². The Hall–Kier alpha value is -1.54. The maximum absolute atomic E-state index is 12.5. The number of carboxylic acid groups (broad SMARTS) is 1. The van der Waals surface area contributed by atoms with Crippen molar-refractivity contribution in [3.63, 3.8) is 0 Å². The fourth-order valence-electron chi connectivity index (χ4n) is 1.92. The Balaban J connectivity index is 5.11. The number of nitrogens with one attached hydrogen (secondary N) is 3. The van der Waals surface area contributed by atoms with Crippen molar-refractivity contribution in [1.29, 1.82) is 0 Å². The number of rotatable bonds is 13. The van der Waals surface area contributed by atoms with Gasteiger partial charge in [-0.25, -0.2) is 4.79 Å². The van der Waals surface area contributed by atoms with Crippen LogP contribution in [0.3, 0.4) is 0 Å². The number of thiol groups is 1. The number of thioether (sulfide) groups is 1. The lowest BCUT2D eigenvalue weighted by molar-refractivity contribution is -0.143. The van der Waals surface area contributed by atoms with Crippen LogP contribution in [-0.4, -0.2) is 93.7 Å². The second-order valence-corrected chi connectivity index (χ2v) is 7.29. The summed E-state index contributed by atoms with van der Waals surface area (Å²) in [4.78, 5) is 47.6. The average Bonchev–Trinajstić information content (AvgIpc) is 2.65. The summed E-state index contributed by atoms with van der Waals surface area (Å²) >= 11 is 5.41. The fourth-order valence-corrected chi connectivity index (χ4v) is 2.64. The third kappa shape index (κ3) is 9.10. The van der Waals surface area contributed by atoms with Gasteiger partial charge in [-0.1, -0.05) is 0 Å². The van der Waals surface area contributed by atoms with Crippen LogP contribution in [0.2, 0.25) is 0 Å². The van der Waals surface area contributed by atoms with Gasteiger partial charge in [-0.05, 0) is 25.4 Å². The lowest BCUT2D eigenvalue weighted by Gasteiger charge is -2.24. The summed E-state index contributed by atoms with van der Waals surface area (Å²) in [5.41, 5.74) is 5.56. The molecule has 0 bridgehead atoms. The zero-order valence-corrected chi connectivity index (χ0v) is 17.3. The Kier molecular flexibility index (Phi) is 12.9. The van der Waals surface area contributed by atoms with Crippen molar-refractivity contribution in [1.82, 2.24) is 16.0 Å². The molecule has 0 fully saturated rings. The summed E-state index contributed by atoms with van der Waals surface area (Å²) in [6.07, 6.45) is 0.927. The summed E-state index contributed by atoms with van der Waals surface area (Å²) in [6, 6.07) is -4.96. The van der Waals surface area contributed by atoms with Crippen LogP contribution in [0.4, 0.5) is 0 Å². The molecule has 0 rings (SSSR count). The van der Waals surface area contributed by atoms with E-state index < -0.39 is 60.6 Å². The first kappa shape index (κ1) is 26.5. The Morgan fingerprint density at radius 3 is 1.96 bits per heavy atom. The van der Waals surface area contributed by atoms with Crippen LogP contribution < -0.4 is 21.7 Å². The molecule has 0 aromatic heterocycles. The van der Waals surface area contributed by atoms with E-state index in [2.05, 4.69) is 28.6 Å². The molecule has 11 nitrogen and oxygen atoms in total. The van der Waals surface area contributed by atoms with E-state index in [4.69, 9.17) is 15.9 Å². The molecule has 8 N–H and O–H groups in total. The largest absolute Gasteiger partial charge is 0.480 e. The van der Waals surface area contributed by atoms with Gasteiger partial charge in [-0.2, -0.15) is 24.4 Å². The van der Waals surface area contributed by atoms with Crippen molar-refractivity contribution in [2.45, 2.75) is 43.6 Å². The van der Waals surface area contributed by atoms with E-state index in [1.54, 1.807) is 0 Å². The minimum Gasteiger partial charge on any atom is -0.480 e. The van der Waals surface area contributed by atoms with Gasteiger partial charge >= 0.3 is 5.97 Å². The number of amides is 3. The van der Waals surface area contributed by atoms with Gasteiger partial charge < -0.3 is 37.0 Å². The first-order valence-electron chi connectivity index (χ1n) is 8.37. The predicted octanol–water partition coefficient (Wildman–Crippen LogP) is -3.09. The Bertz CT molecular complexity index is 550. The zero-order chi connectivity index (χ0) is 21.9. The standard InChI is InChI=1S/C15H28N4O7S2/c1-7(21)11(16)14(24)17-8(3-4-28-2)12(22)19-10(6-27)13(23)18-9(5-20)15(25)26/h7-11,20-21,27H,3-6,16H2,1-2H3,(H,17,24)(H,18,23)(H,19,22)(H,25,26). The molecule has 0 saturated heterocycles. The zero-order valence-electron chi connectivity index (χ0n) is 15.6. The molecular formula is C15H28N4O7S2. The normalized spacial score (nSPS) is 16.2. The van der Waals surface area contributed by atoms with Crippen molar-refractivity contribution in [2.24, 2.45) is 5.73 Å². The number of carbonyl (C=O) groups is 4. The minimum atomic E-state index is -1.53. The molecule has 0 aliphatic rings. The maximum atomic E-state index is 12.5. The predicted molar refractivity (Wildman–Crippen MR) is 107 cm³/mol. The molecule has 0 heterocycles. The van der Waals surface area contributed by atoms with E-state index >= 15 is 0 Å². The molecule has 3 amide bonds. The molecule has 0 saturated carbocycles. The van der Waals surface area contributed by atoms with Crippen molar-refractivity contribution >= 4 is 48.1 Å². The van der Waals surface area contributed by atoms with Gasteiger partial charge in [0.2, 0.25) is 17.7 Å². The van der Waals surface area contributed by atoms with Gasteiger partial charge in [0.25, 0.3) is 0 Å². The SMILES string of the molecule is CSCCC(NC(=O)C(N)C(C)O)C(=O)NC(CS)C(=O)NC(CO)C(=O)O. The van der Waals surface area contributed by atoms with Crippen molar-refractivity contribution < 1.29 is 34.5 Å². The topological polar surface area (TPSA) is 191 Å². The lowest BCUT2D eigenvalue weighted by atomic mass is 10.1. The smallest absolute Gasteiger partial charge is 0.328 e. The maximum Gasteiger partial charge on any atom is 0.328 e. The average molecular weight is 441 g/mol. The molecule has 0 aliphatic carbocycles. The quantitative estimate of drug-likeness (QED) is 0.137. The van der Waals surface area contributed by atoms with Crippen LogP contribution in [0.25, 0.3) is 0 Å². The van der Waals surface area contributed by atoms with Gasteiger partial charge in [0, 0.05) is 5.75 Å². The molecule has 5 unspecified atom stereocenters. The summed E-state index contributed by atoms with van der Waals surface area (Å²) in [5.74, 6) is -3.32. The molecule has 0 radical (unpaired) electrons. The van der Waals surface area contributed by atoms with Crippen LogP contribution in [0.15, 0.2) is 0 Å². The Morgan fingerprint density at radius 1 is 1.04 bits per heavy atom. The number of carboxylic acids is 1. The van der Waals surface area contributed by atoms with E-state index in [0.29, 0.717) is 5.75 Å². The van der Waals surface area contributed by atoms with Crippen LogP contribution in [0.5, 0.6) is 0 Å². The molecule has 13 heteroatoms. The highest BCUT2D eigenvalue weighted by molar-refractivity contribution is 7.98. The van der Waals surface area contributed by atoms with Crippen molar-refractivity contribution in [3.05, 3.63) is 0 Å². The van der Waals surface area contributed by atoms with Crippen molar-refractivity contribution in [2.75, 3.05) is 24.4 Å². The highest BCUT2D eigenvalue weighted by atomic mass is 32.2. The Labute approximate surface area is 172 Å². The number of aliphatic hydroxyl groups excluding tert-OH is 2. The summed E-state index contributed by atoms with van der Waals surface area (Å²) in [7, 11) is 0. The lowest BCUT2D eigenvalue weighted by Crippen LogP contribution is -2.58. The van der Waals surface area contributed by atoms with Crippen LogP contribution in [-0.2, 0) is 19.2 Å². The molecule has 0 aromatic carbocycles. The van der Waals surface area contributed by atoms with E-state index in [-0.39, 0.29) is 12.2 Å². The number of hydrogen-bond acceptors (Lipinski definition) is 9. The second kappa shape index (κ2) is 13.6. The third-order valence-corrected chi connectivity index (χ3v) is 4.69. The van der Waals surface area contributed by atoms with E-state index in [0.717, 1.165) is 0 Å². The van der Waals surface area contributed by atoms with Crippen LogP contribution in [0, 0.1) is 0 Å². The van der Waals surface area contributed by atoms with Crippen LogP contribution in [0.1, 0.15) is 13.3 Å². The van der Waals surface area contributed by atoms with Gasteiger partial charge in [-0.15, -0.1) is 0 Å². The second-order valence-electron chi connectivity index (χ2n) is 5.93. The van der Waals surface area contributed by atoms with Gasteiger partial charge in [0.1, 0.15) is 24.2 Å². The number of aliphatic carboxylic acids is 1. The number of hydrogen-bond donors (Lipinski definition) is 8. The van der Waals surface area contributed by atoms with Gasteiger partial charge in [0.05, 0.1) is 12.7 Å². The molecule has 5 atom stereocenters. The Morgan fingerprint density at radius 2 is 1.54 bits per heavy atom. The first-order valence-corrected chi connectivity index (χ1v) is 10.4. The number of carbonyl (C=O) groups excluding carboxylic acids is 3. The monoisotopic (exact) mass is 440 g/mol. The molecular weight excluding hydrogens is 412 g/mol.